The van der Waals surface area contributed by atoms with Gasteiger partial charge < -0.3 is 5.73 Å². The number of sulfonamides is 2. The Morgan fingerprint density at radius 1 is 1.12 bits per heavy atom. The lowest BCUT2D eigenvalue weighted by atomic mass is 9.95. The predicted octanol–water partition coefficient (Wildman–Crippen LogP) is 1.77. The Morgan fingerprint density at radius 2 is 1.72 bits per heavy atom. The average molecular weight is 396 g/mol. The van der Waals surface area contributed by atoms with E-state index in [1.807, 2.05) is 13.8 Å². The highest BCUT2D eigenvalue weighted by atomic mass is 32.2. The second-order valence-electron chi connectivity index (χ2n) is 5.86. The molecule has 0 amide bonds. The van der Waals surface area contributed by atoms with E-state index in [1.165, 1.54) is 0 Å². The average Bonchev–Trinajstić information content (AvgIpc) is 2.54. The highest BCUT2D eigenvalue weighted by Crippen LogP contribution is 2.23. The molecule has 7 nitrogen and oxygen atoms in total. The van der Waals surface area contributed by atoms with Crippen molar-refractivity contribution in [1.82, 2.24) is 4.72 Å². The third kappa shape index (κ3) is 5.63. The molecule has 0 atom stereocenters. The largest absolute Gasteiger partial charge is 0.329 e. The van der Waals surface area contributed by atoms with Crippen LogP contribution in [0.25, 0.3) is 0 Å². The lowest BCUT2D eigenvalue weighted by molar-refractivity contribution is 0.363. The third-order valence-corrected chi connectivity index (χ3v) is 7.14. The van der Waals surface area contributed by atoms with Crippen molar-refractivity contribution in [2.45, 2.75) is 50.5 Å². The minimum absolute atomic E-state index is 0.108. The molecule has 0 fully saturated rings. The maximum absolute atomic E-state index is 14.2. The molecular formula is C15H26FN3O4S2. The lowest BCUT2D eigenvalue weighted by Crippen LogP contribution is -2.52. The number of nitrogens with one attached hydrogen (secondary N) is 2. The van der Waals surface area contributed by atoms with Gasteiger partial charge in [-0.15, -0.1) is 0 Å². The van der Waals surface area contributed by atoms with Gasteiger partial charge in [-0.05, 0) is 37.5 Å². The summed E-state index contributed by atoms with van der Waals surface area (Å²) in [5, 5.41) is 0. The first-order chi connectivity index (χ1) is 11.5. The van der Waals surface area contributed by atoms with Crippen LogP contribution in [-0.2, 0) is 20.0 Å². The van der Waals surface area contributed by atoms with Crippen LogP contribution in [0, 0.1) is 5.82 Å². The van der Waals surface area contributed by atoms with Crippen molar-refractivity contribution in [2.75, 3.05) is 17.0 Å². The van der Waals surface area contributed by atoms with Crippen LogP contribution < -0.4 is 15.2 Å². The minimum Gasteiger partial charge on any atom is -0.329 e. The molecule has 0 unspecified atom stereocenters. The van der Waals surface area contributed by atoms with Crippen LogP contribution in [0.1, 0.15) is 40.0 Å². The van der Waals surface area contributed by atoms with Gasteiger partial charge in [-0.3, -0.25) is 4.72 Å². The monoisotopic (exact) mass is 395 g/mol. The van der Waals surface area contributed by atoms with Gasteiger partial charge >= 0.3 is 0 Å². The molecule has 0 saturated heterocycles. The summed E-state index contributed by atoms with van der Waals surface area (Å²) >= 11 is 0. The van der Waals surface area contributed by atoms with Crippen molar-refractivity contribution in [1.29, 1.82) is 0 Å². The highest BCUT2D eigenvalue weighted by Gasteiger charge is 2.31. The predicted molar refractivity (Wildman–Crippen MR) is 96.8 cm³/mol. The molecule has 0 heterocycles. The van der Waals surface area contributed by atoms with E-state index in [2.05, 4.69) is 9.44 Å². The number of hydrogen-bond acceptors (Lipinski definition) is 5. The lowest BCUT2D eigenvalue weighted by Gasteiger charge is -2.31. The molecule has 0 spiro atoms. The topological polar surface area (TPSA) is 118 Å². The van der Waals surface area contributed by atoms with Crippen molar-refractivity contribution in [3.05, 3.63) is 24.0 Å². The van der Waals surface area contributed by atoms with Crippen LogP contribution in [0.15, 0.2) is 23.1 Å². The van der Waals surface area contributed by atoms with Crippen LogP contribution in [-0.4, -0.2) is 34.7 Å². The number of hydrogen-bond donors (Lipinski definition) is 3. The van der Waals surface area contributed by atoms with E-state index < -0.39 is 31.4 Å². The summed E-state index contributed by atoms with van der Waals surface area (Å²) in [6.07, 6.45) is 1.34. The summed E-state index contributed by atoms with van der Waals surface area (Å²) in [5.41, 5.74) is 4.59. The van der Waals surface area contributed by atoms with Gasteiger partial charge in [0, 0.05) is 12.1 Å². The van der Waals surface area contributed by atoms with E-state index in [-0.39, 0.29) is 22.9 Å². The highest BCUT2D eigenvalue weighted by molar-refractivity contribution is 7.92. The fraction of sp³-hybridized carbons (Fsp3) is 0.600. The van der Waals surface area contributed by atoms with Gasteiger partial charge in [0.25, 0.3) is 0 Å². The van der Waals surface area contributed by atoms with E-state index in [4.69, 9.17) is 5.73 Å². The smallest absolute Gasteiger partial charge is 0.241 e. The molecule has 1 aromatic rings. The second kappa shape index (κ2) is 8.43. The van der Waals surface area contributed by atoms with Crippen molar-refractivity contribution in [3.8, 4) is 0 Å². The summed E-state index contributed by atoms with van der Waals surface area (Å²) in [4.78, 5) is -0.289. The molecule has 1 rings (SSSR count). The van der Waals surface area contributed by atoms with E-state index in [0.717, 1.165) is 18.2 Å². The Hall–Kier alpha value is -1.23. The Kier molecular flexibility index (Phi) is 7.36. The fourth-order valence-corrected chi connectivity index (χ4v) is 5.01. The summed E-state index contributed by atoms with van der Waals surface area (Å²) in [7, 11) is -7.66. The van der Waals surface area contributed by atoms with Gasteiger partial charge in [-0.1, -0.05) is 20.8 Å². The van der Waals surface area contributed by atoms with Crippen LogP contribution in [0.3, 0.4) is 0 Å². The van der Waals surface area contributed by atoms with Crippen LogP contribution in [0.4, 0.5) is 10.1 Å². The number of rotatable bonds is 10. The first-order valence-electron chi connectivity index (χ1n) is 8.08. The molecule has 0 aliphatic heterocycles. The van der Waals surface area contributed by atoms with E-state index in [1.54, 1.807) is 6.92 Å². The van der Waals surface area contributed by atoms with Gasteiger partial charge in [-0.2, -0.15) is 0 Å². The Bertz CT molecular complexity index is 783. The standard InChI is InChI=1S/C15H26FN3O4S2/c1-4-9-24(20,21)18-14-8-7-12(10-13(14)16)25(22,23)19-15(5-2,6-3)11-17/h7-8,10,18-19H,4-6,9,11,17H2,1-3H3. The fourth-order valence-electron chi connectivity index (χ4n) is 2.30. The van der Waals surface area contributed by atoms with Crippen LogP contribution in [0.2, 0.25) is 0 Å². The molecule has 0 saturated carbocycles. The van der Waals surface area contributed by atoms with Crippen LogP contribution >= 0.6 is 0 Å². The van der Waals surface area contributed by atoms with Crippen molar-refractivity contribution in [3.63, 3.8) is 0 Å². The van der Waals surface area contributed by atoms with E-state index in [9.17, 15) is 21.2 Å². The molecule has 0 aliphatic rings. The summed E-state index contributed by atoms with van der Waals surface area (Å²) < 4.78 is 67.3. The van der Waals surface area contributed by atoms with Crippen molar-refractivity contribution in [2.24, 2.45) is 5.73 Å². The molecule has 0 aliphatic carbocycles. The summed E-state index contributed by atoms with van der Waals surface area (Å²) in [6, 6.07) is 3.04. The number of anilines is 1. The van der Waals surface area contributed by atoms with Gasteiger partial charge in [0.2, 0.25) is 20.0 Å². The van der Waals surface area contributed by atoms with E-state index >= 15 is 0 Å². The summed E-state index contributed by atoms with van der Waals surface area (Å²) in [6.45, 7) is 5.41. The van der Waals surface area contributed by atoms with Crippen molar-refractivity contribution >= 4 is 25.7 Å². The minimum atomic E-state index is -3.99. The molecule has 1 aromatic carbocycles. The zero-order valence-corrected chi connectivity index (χ0v) is 16.3. The Balaban J connectivity index is 3.14. The molecule has 10 heteroatoms. The molecule has 0 aromatic heterocycles. The molecule has 0 bridgehead atoms. The maximum atomic E-state index is 14.2. The normalized spacial score (nSPS) is 13.0. The molecular weight excluding hydrogens is 369 g/mol. The van der Waals surface area contributed by atoms with Gasteiger partial charge in [0.05, 0.1) is 16.3 Å². The second-order valence-corrected chi connectivity index (χ2v) is 9.38. The zero-order chi connectivity index (χ0) is 19.3. The summed E-state index contributed by atoms with van der Waals surface area (Å²) in [5.74, 6) is -1.12. The zero-order valence-electron chi connectivity index (χ0n) is 14.7. The molecule has 4 N–H and O–H groups in total. The number of nitrogens with two attached hydrogens (primary N) is 1. The van der Waals surface area contributed by atoms with Gasteiger partial charge in [0.15, 0.2) is 0 Å². The Morgan fingerprint density at radius 3 is 2.16 bits per heavy atom. The number of benzene rings is 1. The quantitative estimate of drug-likeness (QED) is 0.558. The molecule has 25 heavy (non-hydrogen) atoms. The molecule has 144 valence electrons. The van der Waals surface area contributed by atoms with Gasteiger partial charge in [0.1, 0.15) is 5.82 Å². The van der Waals surface area contributed by atoms with Crippen molar-refractivity contribution < 1.29 is 21.2 Å². The first-order valence-corrected chi connectivity index (χ1v) is 11.2. The molecule has 0 radical (unpaired) electrons. The first kappa shape index (κ1) is 21.8. The SMILES string of the molecule is CCCS(=O)(=O)Nc1ccc(S(=O)(=O)NC(CC)(CC)CN)cc1F. The van der Waals surface area contributed by atoms with E-state index in [0.29, 0.717) is 19.3 Å². The third-order valence-electron chi connectivity index (χ3n) is 4.08. The Labute approximate surface area is 149 Å². The van der Waals surface area contributed by atoms with Gasteiger partial charge in [-0.25, -0.2) is 25.9 Å². The maximum Gasteiger partial charge on any atom is 0.241 e. The number of halogens is 1. The van der Waals surface area contributed by atoms with Crippen LogP contribution in [0.5, 0.6) is 0 Å².